The van der Waals surface area contributed by atoms with E-state index in [0.717, 1.165) is 0 Å². The molecule has 0 radical (unpaired) electrons. The van der Waals surface area contributed by atoms with Gasteiger partial charge in [-0.25, -0.2) is 0 Å². The average molecular weight is 325 g/mol. The number of benzene rings is 1. The fourth-order valence-corrected chi connectivity index (χ4v) is 1.97. The number of rotatable bonds is 6. The fourth-order valence-electron chi connectivity index (χ4n) is 1.97. The largest absolute Gasteiger partial charge is 0.490 e. The summed E-state index contributed by atoms with van der Waals surface area (Å²) in [7, 11) is 1.73. The number of anilines is 1. The van der Waals surface area contributed by atoms with Gasteiger partial charge in [0.1, 0.15) is 0 Å². The number of nitrogens with one attached hydrogen (secondary N) is 1. The van der Waals surface area contributed by atoms with Crippen molar-refractivity contribution in [1.29, 1.82) is 0 Å². The van der Waals surface area contributed by atoms with Gasteiger partial charge in [0, 0.05) is 24.5 Å². The topological polar surface area (TPSA) is 65.4 Å². The van der Waals surface area contributed by atoms with E-state index in [9.17, 15) is 13.6 Å². The molecule has 23 heavy (non-hydrogen) atoms. The van der Waals surface area contributed by atoms with Crippen molar-refractivity contribution in [2.75, 3.05) is 11.9 Å². The molecular weight excluding hydrogens is 308 g/mol. The van der Waals surface area contributed by atoms with Gasteiger partial charge in [0.05, 0.1) is 18.4 Å². The van der Waals surface area contributed by atoms with Crippen LogP contribution < -0.4 is 14.8 Å². The number of amides is 1. The minimum atomic E-state index is -2.95. The number of hydrogen-bond acceptors (Lipinski definition) is 4. The number of halogens is 2. The van der Waals surface area contributed by atoms with Gasteiger partial charge in [-0.05, 0) is 26.0 Å². The molecule has 1 heterocycles. The van der Waals surface area contributed by atoms with Crippen LogP contribution in [0.5, 0.6) is 11.5 Å². The molecule has 0 aliphatic heterocycles. The number of hydrogen-bond donors (Lipinski definition) is 1. The third kappa shape index (κ3) is 3.97. The minimum absolute atomic E-state index is 0.0857. The van der Waals surface area contributed by atoms with Crippen molar-refractivity contribution in [3.8, 4) is 11.5 Å². The Bertz CT molecular complexity index is 701. The maximum Gasteiger partial charge on any atom is 0.387 e. The van der Waals surface area contributed by atoms with Gasteiger partial charge in [-0.2, -0.15) is 13.9 Å². The molecule has 0 saturated heterocycles. The van der Waals surface area contributed by atoms with Crippen LogP contribution in [-0.2, 0) is 7.05 Å². The van der Waals surface area contributed by atoms with E-state index in [4.69, 9.17) is 4.74 Å². The number of nitrogens with zero attached hydrogens (tertiary/aromatic N) is 2. The van der Waals surface area contributed by atoms with E-state index >= 15 is 0 Å². The summed E-state index contributed by atoms with van der Waals surface area (Å²) in [6, 6.07) is 4.22. The van der Waals surface area contributed by atoms with Crippen LogP contribution in [-0.4, -0.2) is 28.9 Å². The van der Waals surface area contributed by atoms with Crippen LogP contribution >= 0.6 is 0 Å². The molecule has 0 fully saturated rings. The Labute approximate surface area is 132 Å². The molecule has 0 saturated carbocycles. The van der Waals surface area contributed by atoms with Gasteiger partial charge in [0.2, 0.25) is 0 Å². The third-order valence-corrected chi connectivity index (χ3v) is 3.20. The third-order valence-electron chi connectivity index (χ3n) is 3.20. The highest BCUT2D eigenvalue weighted by Gasteiger charge is 2.15. The van der Waals surface area contributed by atoms with Crippen molar-refractivity contribution >= 4 is 11.6 Å². The van der Waals surface area contributed by atoms with E-state index in [1.165, 1.54) is 24.4 Å². The molecule has 1 aromatic heterocycles. The Morgan fingerprint density at radius 3 is 2.70 bits per heavy atom. The van der Waals surface area contributed by atoms with Crippen molar-refractivity contribution in [3.05, 3.63) is 35.7 Å². The molecule has 2 aromatic rings. The van der Waals surface area contributed by atoms with Crippen LogP contribution in [0, 0.1) is 6.92 Å². The van der Waals surface area contributed by atoms with Gasteiger partial charge >= 0.3 is 6.61 Å². The van der Waals surface area contributed by atoms with Gasteiger partial charge in [0.25, 0.3) is 5.91 Å². The van der Waals surface area contributed by atoms with Crippen molar-refractivity contribution < 1.29 is 23.0 Å². The summed E-state index contributed by atoms with van der Waals surface area (Å²) in [6.45, 7) is 0.815. The van der Waals surface area contributed by atoms with Crippen LogP contribution in [0.4, 0.5) is 14.5 Å². The molecular formula is C15H17F2N3O3. The Balaban J connectivity index is 2.21. The van der Waals surface area contributed by atoms with Crippen LogP contribution in [0.2, 0.25) is 0 Å². The van der Waals surface area contributed by atoms with E-state index in [-0.39, 0.29) is 24.0 Å². The molecule has 2 rings (SSSR count). The molecule has 1 aromatic carbocycles. The molecule has 1 amide bonds. The first kappa shape index (κ1) is 16.7. The van der Waals surface area contributed by atoms with Gasteiger partial charge < -0.3 is 14.8 Å². The highest BCUT2D eigenvalue weighted by molar-refractivity contribution is 6.05. The van der Waals surface area contributed by atoms with E-state index < -0.39 is 6.61 Å². The highest BCUT2D eigenvalue weighted by atomic mass is 19.3. The number of aryl methyl sites for hydroxylation is 1. The molecule has 0 aliphatic carbocycles. The predicted octanol–water partition coefficient (Wildman–Crippen LogP) is 2.98. The molecule has 124 valence electrons. The molecule has 0 spiro atoms. The van der Waals surface area contributed by atoms with Gasteiger partial charge in [-0.15, -0.1) is 0 Å². The SMILES string of the molecule is CCOc1cc(NC(=O)c2cnn(C)c2C)ccc1OC(F)F. The lowest BCUT2D eigenvalue weighted by Gasteiger charge is -2.13. The van der Waals surface area contributed by atoms with Crippen LogP contribution in [0.1, 0.15) is 23.0 Å². The van der Waals surface area contributed by atoms with E-state index in [1.54, 1.807) is 25.6 Å². The highest BCUT2D eigenvalue weighted by Crippen LogP contribution is 2.32. The molecule has 0 atom stereocenters. The zero-order valence-corrected chi connectivity index (χ0v) is 13.0. The number of ether oxygens (including phenoxy) is 2. The van der Waals surface area contributed by atoms with Crippen molar-refractivity contribution in [3.63, 3.8) is 0 Å². The van der Waals surface area contributed by atoms with Crippen LogP contribution in [0.3, 0.4) is 0 Å². The summed E-state index contributed by atoms with van der Waals surface area (Å²) < 4.78 is 36.0. The Morgan fingerprint density at radius 2 is 2.13 bits per heavy atom. The summed E-state index contributed by atoms with van der Waals surface area (Å²) in [6.07, 6.45) is 1.46. The maximum atomic E-state index is 12.4. The summed E-state index contributed by atoms with van der Waals surface area (Å²) in [5.74, 6) is -0.300. The Hall–Kier alpha value is -2.64. The molecule has 8 heteroatoms. The Morgan fingerprint density at radius 1 is 1.39 bits per heavy atom. The second-order valence-corrected chi connectivity index (χ2v) is 4.69. The second kappa shape index (κ2) is 7.08. The summed E-state index contributed by atoms with van der Waals surface area (Å²) >= 11 is 0. The predicted molar refractivity (Wildman–Crippen MR) is 80.1 cm³/mol. The fraction of sp³-hybridized carbons (Fsp3) is 0.333. The molecule has 0 aliphatic rings. The van der Waals surface area contributed by atoms with Crippen molar-refractivity contribution in [2.45, 2.75) is 20.5 Å². The van der Waals surface area contributed by atoms with E-state index in [0.29, 0.717) is 16.9 Å². The number of alkyl halides is 2. The van der Waals surface area contributed by atoms with E-state index in [2.05, 4.69) is 15.2 Å². The lowest BCUT2D eigenvalue weighted by atomic mass is 10.2. The average Bonchev–Trinajstić information content (AvgIpc) is 2.81. The standard InChI is InChI=1S/C15H17F2N3O3/c1-4-22-13-7-10(5-6-12(13)23-15(16)17)19-14(21)11-8-18-20(3)9(11)2/h5-8,15H,4H2,1-3H3,(H,19,21). The van der Waals surface area contributed by atoms with E-state index in [1.807, 2.05) is 0 Å². The lowest BCUT2D eigenvalue weighted by Crippen LogP contribution is -2.13. The normalized spacial score (nSPS) is 10.7. The van der Waals surface area contributed by atoms with Gasteiger partial charge in [0.15, 0.2) is 11.5 Å². The smallest absolute Gasteiger partial charge is 0.387 e. The number of carbonyl (C=O) groups is 1. The van der Waals surface area contributed by atoms with Crippen molar-refractivity contribution in [2.24, 2.45) is 7.05 Å². The Kier molecular flexibility index (Phi) is 5.15. The summed E-state index contributed by atoms with van der Waals surface area (Å²) in [5.41, 5.74) is 1.55. The van der Waals surface area contributed by atoms with Gasteiger partial charge in [-0.3, -0.25) is 9.48 Å². The second-order valence-electron chi connectivity index (χ2n) is 4.69. The number of aromatic nitrogens is 2. The maximum absolute atomic E-state index is 12.4. The lowest BCUT2D eigenvalue weighted by molar-refractivity contribution is -0.0514. The minimum Gasteiger partial charge on any atom is -0.490 e. The quantitative estimate of drug-likeness (QED) is 0.887. The zero-order valence-electron chi connectivity index (χ0n) is 13.0. The van der Waals surface area contributed by atoms with Crippen molar-refractivity contribution in [1.82, 2.24) is 9.78 Å². The summed E-state index contributed by atoms with van der Waals surface area (Å²) in [4.78, 5) is 12.2. The molecule has 1 N–H and O–H groups in total. The first-order chi connectivity index (χ1) is 10.9. The summed E-state index contributed by atoms with van der Waals surface area (Å²) in [5, 5.41) is 6.68. The van der Waals surface area contributed by atoms with Crippen LogP contribution in [0.15, 0.2) is 24.4 Å². The van der Waals surface area contributed by atoms with Crippen LogP contribution in [0.25, 0.3) is 0 Å². The number of carbonyl (C=O) groups excluding carboxylic acids is 1. The molecule has 0 unspecified atom stereocenters. The first-order valence-electron chi connectivity index (χ1n) is 6.94. The monoisotopic (exact) mass is 325 g/mol. The zero-order chi connectivity index (χ0) is 17.0. The molecule has 0 bridgehead atoms. The first-order valence-corrected chi connectivity index (χ1v) is 6.94. The molecule has 6 nitrogen and oxygen atoms in total. The van der Waals surface area contributed by atoms with Gasteiger partial charge in [-0.1, -0.05) is 0 Å².